The highest BCUT2D eigenvalue weighted by molar-refractivity contribution is 7.52. The fourth-order valence-electron chi connectivity index (χ4n) is 5.86. The van der Waals surface area contributed by atoms with E-state index in [0.717, 1.165) is 37.5 Å². The van der Waals surface area contributed by atoms with E-state index in [2.05, 4.69) is 20.0 Å². The topological polar surface area (TPSA) is 193 Å². The summed E-state index contributed by atoms with van der Waals surface area (Å²) in [6.07, 6.45) is 0.773. The molecule has 0 bridgehead atoms. The van der Waals surface area contributed by atoms with Crippen LogP contribution in [0.4, 0.5) is 5.82 Å². The second-order valence-corrected chi connectivity index (χ2v) is 13.1. The summed E-state index contributed by atoms with van der Waals surface area (Å²) < 4.78 is 39.8. The minimum absolute atomic E-state index is 0.147. The number of nitrogens with one attached hydrogen (secondary N) is 1. The molecule has 2 aromatic heterocycles. The Kier molecular flexibility index (Phi) is 9.05. The number of ether oxygens (including phenoxy) is 2. The molecule has 3 heterocycles. The van der Waals surface area contributed by atoms with Crippen molar-refractivity contribution < 1.29 is 38.1 Å². The molecule has 2 fully saturated rings. The largest absolute Gasteiger partial charge is 0.461 e. The Bertz CT molecular complexity index is 1710. The SMILES string of the molecule is C[C@H](NP(=O)(Oc1cccc2ccccc12)O[C@@H](C)[C@H]1O[C@@H](n2cnc3c(N)ncnc32)[C@H](O)[C@@H]1O)C(=O)OC1CCCCC1. The number of rotatable bonds is 10. The zero-order valence-electron chi connectivity index (χ0n) is 24.9. The second kappa shape index (κ2) is 13.0. The van der Waals surface area contributed by atoms with Crippen LogP contribution in [0.15, 0.2) is 55.1 Å². The van der Waals surface area contributed by atoms with Gasteiger partial charge in [0.2, 0.25) is 0 Å². The number of hydrogen-bond acceptors (Lipinski definition) is 12. The first-order chi connectivity index (χ1) is 21.6. The molecule has 0 amide bonds. The summed E-state index contributed by atoms with van der Waals surface area (Å²) in [7, 11) is -4.37. The quantitative estimate of drug-likeness (QED) is 0.145. The van der Waals surface area contributed by atoms with Crippen LogP contribution in [-0.4, -0.2) is 72.3 Å². The number of aromatic nitrogens is 4. The third-order valence-electron chi connectivity index (χ3n) is 8.21. The normalized spacial score (nSPS) is 25.2. The van der Waals surface area contributed by atoms with Crippen molar-refractivity contribution in [2.75, 3.05) is 5.73 Å². The summed E-state index contributed by atoms with van der Waals surface area (Å²) >= 11 is 0. The highest BCUT2D eigenvalue weighted by Gasteiger charge is 2.49. The molecule has 4 aromatic rings. The fraction of sp³-hybridized carbons (Fsp3) is 0.467. The van der Waals surface area contributed by atoms with Gasteiger partial charge in [-0.1, -0.05) is 42.8 Å². The number of benzene rings is 2. The van der Waals surface area contributed by atoms with Gasteiger partial charge < -0.3 is 29.9 Å². The van der Waals surface area contributed by atoms with Gasteiger partial charge >= 0.3 is 13.7 Å². The van der Waals surface area contributed by atoms with Gasteiger partial charge in [-0.05, 0) is 51.0 Å². The molecule has 0 radical (unpaired) electrons. The van der Waals surface area contributed by atoms with E-state index >= 15 is 0 Å². The molecule has 1 aliphatic carbocycles. The number of carbonyl (C=O) groups excluding carboxylic acids is 1. The summed E-state index contributed by atoms with van der Waals surface area (Å²) in [5.74, 6) is -0.175. The highest BCUT2D eigenvalue weighted by atomic mass is 31.2. The Morgan fingerprint density at radius 2 is 1.82 bits per heavy atom. The van der Waals surface area contributed by atoms with Gasteiger partial charge in [-0.2, -0.15) is 5.09 Å². The Morgan fingerprint density at radius 1 is 1.07 bits per heavy atom. The van der Waals surface area contributed by atoms with Gasteiger partial charge in [0.25, 0.3) is 0 Å². The van der Waals surface area contributed by atoms with Crippen LogP contribution < -0.4 is 15.3 Å². The third kappa shape index (κ3) is 6.53. The predicted octanol–water partition coefficient (Wildman–Crippen LogP) is 3.63. The lowest BCUT2D eigenvalue weighted by Crippen LogP contribution is -2.41. The minimum atomic E-state index is -4.37. The van der Waals surface area contributed by atoms with Crippen molar-refractivity contribution in [2.45, 2.75) is 88.7 Å². The maximum absolute atomic E-state index is 14.5. The summed E-state index contributed by atoms with van der Waals surface area (Å²) in [6.45, 7) is 3.05. The Balaban J connectivity index is 1.24. The first-order valence-corrected chi connectivity index (χ1v) is 16.6. The standard InChI is InChI=1S/C30H37N6O8P/c1-17(30(39)41-20-11-4-3-5-12-20)35-45(40,44-22-14-8-10-19-9-6-7-13-21(19)22)43-18(2)26-24(37)25(38)29(42-26)36-16-34-23-27(31)32-15-33-28(23)36/h6-10,13-18,20,24-26,29,37-38H,3-5,11-12H2,1-2H3,(H,35,40)(H2,31,32,33)/t17-,18-,24-,25+,26+,29+,45?/m0/s1. The van der Waals surface area contributed by atoms with E-state index in [0.29, 0.717) is 16.6 Å². The molecule has 14 nitrogen and oxygen atoms in total. The first-order valence-electron chi connectivity index (χ1n) is 15.0. The number of hydrogen-bond donors (Lipinski definition) is 4. The van der Waals surface area contributed by atoms with Gasteiger partial charge in [0.15, 0.2) is 17.7 Å². The molecule has 5 N–H and O–H groups in total. The van der Waals surface area contributed by atoms with E-state index in [4.69, 9.17) is 24.3 Å². The lowest BCUT2D eigenvalue weighted by molar-refractivity contribution is -0.152. The van der Waals surface area contributed by atoms with Crippen LogP contribution in [0.2, 0.25) is 0 Å². The molecule has 240 valence electrons. The van der Waals surface area contributed by atoms with Crippen molar-refractivity contribution in [1.82, 2.24) is 24.6 Å². The number of aliphatic hydroxyl groups excluding tert-OH is 2. The van der Waals surface area contributed by atoms with Gasteiger partial charge in [0, 0.05) is 5.39 Å². The zero-order chi connectivity index (χ0) is 31.7. The van der Waals surface area contributed by atoms with Crippen molar-refractivity contribution in [3.8, 4) is 5.75 Å². The summed E-state index contributed by atoms with van der Waals surface area (Å²) in [6, 6.07) is 11.6. The molecule has 7 atom stereocenters. The highest BCUT2D eigenvalue weighted by Crippen LogP contribution is 2.49. The minimum Gasteiger partial charge on any atom is -0.461 e. The average molecular weight is 641 g/mol. The lowest BCUT2D eigenvalue weighted by Gasteiger charge is -2.29. The maximum Gasteiger partial charge on any atom is 0.459 e. The zero-order valence-corrected chi connectivity index (χ0v) is 25.8. The van der Waals surface area contributed by atoms with Crippen LogP contribution in [0, 0.1) is 0 Å². The summed E-state index contributed by atoms with van der Waals surface area (Å²) in [4.78, 5) is 25.4. The fourth-order valence-corrected chi connectivity index (χ4v) is 7.57. The Morgan fingerprint density at radius 3 is 2.62 bits per heavy atom. The lowest BCUT2D eigenvalue weighted by atomic mass is 9.98. The molecule has 1 aliphatic heterocycles. The van der Waals surface area contributed by atoms with Crippen molar-refractivity contribution in [1.29, 1.82) is 0 Å². The van der Waals surface area contributed by atoms with Crippen LogP contribution in [0.1, 0.15) is 52.2 Å². The number of carbonyl (C=O) groups is 1. The number of imidazole rings is 1. The maximum atomic E-state index is 14.5. The smallest absolute Gasteiger partial charge is 0.459 e. The molecule has 1 saturated carbocycles. The number of aliphatic hydroxyl groups is 2. The van der Waals surface area contributed by atoms with E-state index in [1.54, 1.807) is 12.1 Å². The molecule has 1 saturated heterocycles. The van der Waals surface area contributed by atoms with Crippen molar-refractivity contribution in [3.05, 3.63) is 55.1 Å². The monoisotopic (exact) mass is 640 g/mol. The molecular weight excluding hydrogens is 603 g/mol. The molecule has 0 spiro atoms. The van der Waals surface area contributed by atoms with E-state index < -0.39 is 50.4 Å². The first kappa shape index (κ1) is 31.3. The molecule has 15 heteroatoms. The van der Waals surface area contributed by atoms with E-state index in [-0.39, 0.29) is 17.7 Å². The number of nitrogen functional groups attached to an aromatic ring is 1. The van der Waals surface area contributed by atoms with Gasteiger partial charge in [-0.25, -0.2) is 19.5 Å². The van der Waals surface area contributed by atoms with E-state index in [1.807, 2.05) is 30.3 Å². The van der Waals surface area contributed by atoms with Crippen LogP contribution in [-0.2, 0) is 23.4 Å². The predicted molar refractivity (Wildman–Crippen MR) is 164 cm³/mol. The van der Waals surface area contributed by atoms with E-state index in [9.17, 15) is 19.6 Å². The molecule has 45 heavy (non-hydrogen) atoms. The summed E-state index contributed by atoms with van der Waals surface area (Å²) in [5, 5.41) is 26.3. The molecule has 2 aliphatic rings. The van der Waals surface area contributed by atoms with Crippen LogP contribution in [0.25, 0.3) is 21.9 Å². The van der Waals surface area contributed by atoms with E-state index in [1.165, 1.54) is 31.1 Å². The number of nitrogens with zero attached hydrogens (tertiary/aromatic N) is 4. The second-order valence-electron chi connectivity index (χ2n) is 11.5. The molecular formula is C30H37N6O8P. The van der Waals surface area contributed by atoms with Crippen LogP contribution in [0.5, 0.6) is 5.75 Å². The number of anilines is 1. The number of nitrogens with two attached hydrogens (primary N) is 1. The molecule has 6 rings (SSSR count). The van der Waals surface area contributed by atoms with Crippen molar-refractivity contribution >= 4 is 41.5 Å². The van der Waals surface area contributed by atoms with Crippen LogP contribution in [0.3, 0.4) is 0 Å². The van der Waals surface area contributed by atoms with Gasteiger partial charge in [0.05, 0.1) is 12.4 Å². The molecule has 2 aromatic carbocycles. The number of fused-ring (bicyclic) bond motifs is 2. The Labute approximate surface area is 259 Å². The summed E-state index contributed by atoms with van der Waals surface area (Å²) in [5.41, 5.74) is 6.51. The van der Waals surface area contributed by atoms with Gasteiger partial charge in [-0.3, -0.25) is 13.9 Å². The van der Waals surface area contributed by atoms with Crippen molar-refractivity contribution in [3.63, 3.8) is 0 Å². The van der Waals surface area contributed by atoms with Gasteiger partial charge in [0.1, 0.15) is 48.1 Å². The number of esters is 1. The Hall–Kier alpha value is -3.65. The van der Waals surface area contributed by atoms with Gasteiger partial charge in [-0.15, -0.1) is 0 Å². The van der Waals surface area contributed by atoms with Crippen LogP contribution >= 0.6 is 7.75 Å². The molecule has 1 unspecified atom stereocenters. The average Bonchev–Trinajstić information content (AvgIpc) is 3.59. The van der Waals surface area contributed by atoms with Crippen molar-refractivity contribution in [2.24, 2.45) is 0 Å². The third-order valence-corrected chi connectivity index (χ3v) is 9.96.